The first kappa shape index (κ1) is 21.7. The summed E-state index contributed by atoms with van der Waals surface area (Å²) in [6.45, 7) is 3.09. The van der Waals surface area contributed by atoms with Crippen molar-refractivity contribution in [1.29, 1.82) is 0 Å². The number of nitrogens with zero attached hydrogens (tertiary/aromatic N) is 1. The minimum absolute atomic E-state index is 0.0890. The maximum absolute atomic E-state index is 12.8. The van der Waals surface area contributed by atoms with E-state index in [1.807, 2.05) is 0 Å². The highest BCUT2D eigenvalue weighted by Gasteiger charge is 2.47. The Morgan fingerprint density at radius 1 is 1.10 bits per heavy atom. The first-order valence-corrected chi connectivity index (χ1v) is 10.6. The summed E-state index contributed by atoms with van der Waals surface area (Å²) in [6, 6.07) is -1.22. The number of piperidine rings is 1. The van der Waals surface area contributed by atoms with Gasteiger partial charge in [0, 0.05) is 30.7 Å². The highest BCUT2D eigenvalue weighted by molar-refractivity contribution is 6.26. The van der Waals surface area contributed by atoms with Crippen molar-refractivity contribution >= 4 is 29.7 Å². The number of carbonyl (C=O) groups excluding carboxylic acids is 5. The number of unbranched alkanes of at least 4 members (excludes halogenated alkanes) is 3. The van der Waals surface area contributed by atoms with Crippen molar-refractivity contribution in [3.8, 4) is 0 Å². The molecule has 3 N–H and O–H groups in total. The zero-order chi connectivity index (χ0) is 21.7. The molecular weight excluding hydrogens is 388 g/mol. The lowest BCUT2D eigenvalue weighted by atomic mass is 9.91. The van der Waals surface area contributed by atoms with Crippen molar-refractivity contribution in [2.24, 2.45) is 5.92 Å². The third-order valence-corrected chi connectivity index (χ3v) is 5.58. The summed E-state index contributed by atoms with van der Waals surface area (Å²) >= 11 is 0. The molecule has 0 aromatic heterocycles. The summed E-state index contributed by atoms with van der Waals surface area (Å²) in [6.07, 6.45) is 8.43. The molecule has 2 saturated heterocycles. The maximum atomic E-state index is 12.8. The summed E-state index contributed by atoms with van der Waals surface area (Å²) in [7, 11) is 0. The molecule has 0 radical (unpaired) electrons. The Morgan fingerprint density at radius 3 is 2.60 bits per heavy atom. The van der Waals surface area contributed by atoms with E-state index in [9.17, 15) is 24.0 Å². The number of hydrogen-bond donors (Lipinski definition) is 3. The van der Waals surface area contributed by atoms with Crippen molar-refractivity contribution < 1.29 is 24.0 Å². The van der Waals surface area contributed by atoms with Crippen molar-refractivity contribution in [3.05, 3.63) is 23.3 Å². The molecule has 162 valence electrons. The smallest absolute Gasteiger partial charge is 0.314 e. The van der Waals surface area contributed by atoms with E-state index in [1.54, 1.807) is 12.2 Å². The van der Waals surface area contributed by atoms with Crippen LogP contribution in [0.4, 0.5) is 4.79 Å². The van der Waals surface area contributed by atoms with Crippen LogP contribution in [0.15, 0.2) is 23.3 Å². The van der Waals surface area contributed by atoms with Crippen LogP contribution in [0.2, 0.25) is 0 Å². The number of rotatable bonds is 8. The molecule has 0 aromatic rings. The number of hydrogen-bond acceptors (Lipinski definition) is 5. The van der Waals surface area contributed by atoms with Crippen LogP contribution in [-0.2, 0) is 19.2 Å². The van der Waals surface area contributed by atoms with E-state index in [1.165, 1.54) is 0 Å². The van der Waals surface area contributed by atoms with Gasteiger partial charge in [0.15, 0.2) is 0 Å². The van der Waals surface area contributed by atoms with E-state index in [0.717, 1.165) is 30.6 Å². The predicted molar refractivity (Wildman–Crippen MR) is 108 cm³/mol. The molecule has 3 aliphatic rings. The number of imide groups is 2. The van der Waals surface area contributed by atoms with E-state index in [4.69, 9.17) is 0 Å². The highest BCUT2D eigenvalue weighted by atomic mass is 16.2. The van der Waals surface area contributed by atoms with E-state index in [-0.39, 0.29) is 30.4 Å². The number of nitrogens with one attached hydrogen (secondary N) is 3. The Bertz CT molecular complexity index is 816. The van der Waals surface area contributed by atoms with Crippen molar-refractivity contribution in [2.45, 2.75) is 57.9 Å². The van der Waals surface area contributed by atoms with Gasteiger partial charge in [-0.1, -0.05) is 38.3 Å². The molecule has 2 heterocycles. The molecule has 0 aromatic carbocycles. The van der Waals surface area contributed by atoms with E-state index >= 15 is 0 Å². The Balaban J connectivity index is 1.55. The monoisotopic (exact) mass is 416 g/mol. The first-order valence-electron chi connectivity index (χ1n) is 10.6. The van der Waals surface area contributed by atoms with Crippen LogP contribution in [0.1, 0.15) is 51.9 Å². The zero-order valence-electron chi connectivity index (χ0n) is 17.2. The Labute approximate surface area is 175 Å². The minimum Gasteiger partial charge on any atom is -0.338 e. The summed E-state index contributed by atoms with van der Waals surface area (Å²) in [5.74, 6) is -2.17. The molecule has 30 heavy (non-hydrogen) atoms. The highest BCUT2D eigenvalue weighted by Crippen LogP contribution is 2.34. The quantitative estimate of drug-likeness (QED) is 0.401. The lowest BCUT2D eigenvalue weighted by molar-refractivity contribution is -0.149. The van der Waals surface area contributed by atoms with Gasteiger partial charge in [-0.2, -0.15) is 0 Å². The van der Waals surface area contributed by atoms with Gasteiger partial charge in [-0.3, -0.25) is 29.4 Å². The van der Waals surface area contributed by atoms with Gasteiger partial charge < -0.3 is 10.6 Å². The fourth-order valence-corrected chi connectivity index (χ4v) is 3.91. The average molecular weight is 416 g/mol. The van der Waals surface area contributed by atoms with Gasteiger partial charge in [0.1, 0.15) is 6.04 Å². The fraction of sp³-hybridized carbons (Fsp3) is 0.571. The fourth-order valence-electron chi connectivity index (χ4n) is 3.91. The lowest BCUT2D eigenvalue weighted by Crippen LogP contribution is -2.54. The molecule has 2 unspecified atom stereocenters. The Kier molecular flexibility index (Phi) is 7.02. The molecule has 0 bridgehead atoms. The molecular formula is C21H28N4O5. The number of fused-ring (bicyclic) bond motifs is 1. The molecule has 0 spiro atoms. The SMILES string of the molecule is CCCCCCNC(=O)NCC1C=C2C(=O)N(C3CCC(=O)NC3=O)C(=O)C2=CC1. The van der Waals surface area contributed by atoms with Gasteiger partial charge in [0.2, 0.25) is 11.8 Å². The second-order valence-electron chi connectivity index (χ2n) is 7.84. The third-order valence-electron chi connectivity index (χ3n) is 5.58. The second kappa shape index (κ2) is 9.69. The topological polar surface area (TPSA) is 125 Å². The van der Waals surface area contributed by atoms with Gasteiger partial charge in [-0.15, -0.1) is 0 Å². The molecule has 2 atom stereocenters. The number of urea groups is 1. The Hall–Kier alpha value is -2.97. The van der Waals surface area contributed by atoms with Crippen molar-refractivity contribution in [1.82, 2.24) is 20.9 Å². The molecule has 2 aliphatic heterocycles. The van der Waals surface area contributed by atoms with Crippen LogP contribution < -0.4 is 16.0 Å². The number of allylic oxidation sites excluding steroid dienone is 1. The lowest BCUT2D eigenvalue weighted by Gasteiger charge is -2.27. The largest absolute Gasteiger partial charge is 0.338 e. The average Bonchev–Trinajstić information content (AvgIpc) is 2.96. The number of carbonyl (C=O) groups is 5. The number of likely N-dealkylation sites (tertiary alicyclic amines) is 1. The van der Waals surface area contributed by atoms with E-state index < -0.39 is 29.7 Å². The second-order valence-corrected chi connectivity index (χ2v) is 7.84. The molecule has 2 fully saturated rings. The number of amides is 6. The molecule has 3 rings (SSSR count). The zero-order valence-corrected chi connectivity index (χ0v) is 17.2. The van der Waals surface area contributed by atoms with Gasteiger partial charge >= 0.3 is 6.03 Å². The van der Waals surface area contributed by atoms with Crippen LogP contribution in [0.25, 0.3) is 0 Å². The normalized spacial score (nSPS) is 23.6. The Morgan fingerprint density at radius 2 is 1.87 bits per heavy atom. The van der Waals surface area contributed by atoms with Crippen LogP contribution in [0.5, 0.6) is 0 Å². The molecule has 1 aliphatic carbocycles. The molecule has 9 heteroatoms. The van der Waals surface area contributed by atoms with Crippen LogP contribution in [0.3, 0.4) is 0 Å². The predicted octanol–water partition coefficient (Wildman–Crippen LogP) is 0.913. The minimum atomic E-state index is -0.967. The van der Waals surface area contributed by atoms with Gasteiger partial charge in [0.05, 0.1) is 0 Å². The maximum Gasteiger partial charge on any atom is 0.314 e. The van der Waals surface area contributed by atoms with Crippen LogP contribution >= 0.6 is 0 Å². The summed E-state index contributed by atoms with van der Waals surface area (Å²) in [5, 5.41) is 7.80. The van der Waals surface area contributed by atoms with Crippen LogP contribution in [0, 0.1) is 5.92 Å². The molecule has 9 nitrogen and oxygen atoms in total. The van der Waals surface area contributed by atoms with Gasteiger partial charge in [-0.25, -0.2) is 4.79 Å². The molecule has 6 amide bonds. The first-order chi connectivity index (χ1) is 14.4. The van der Waals surface area contributed by atoms with Gasteiger partial charge in [-0.05, 0) is 25.2 Å². The summed E-state index contributed by atoms with van der Waals surface area (Å²) in [4.78, 5) is 61.8. The van der Waals surface area contributed by atoms with E-state index in [0.29, 0.717) is 25.1 Å². The van der Waals surface area contributed by atoms with Crippen molar-refractivity contribution in [3.63, 3.8) is 0 Å². The van der Waals surface area contributed by atoms with Crippen LogP contribution in [-0.4, -0.2) is 53.7 Å². The van der Waals surface area contributed by atoms with E-state index in [2.05, 4.69) is 22.9 Å². The molecule has 0 saturated carbocycles. The van der Waals surface area contributed by atoms with Gasteiger partial charge in [0.25, 0.3) is 11.8 Å². The third kappa shape index (κ3) is 4.77. The standard InChI is InChI=1S/C21H28N4O5/c1-2-3-4-5-10-22-21(30)23-12-13-6-7-14-15(11-13)20(29)25(19(14)28)16-8-9-17(26)24-18(16)27/h7,11,13,16H,2-6,8-10,12H2,1H3,(H2,22,23,30)(H,24,26,27). The summed E-state index contributed by atoms with van der Waals surface area (Å²) < 4.78 is 0. The van der Waals surface area contributed by atoms with Crippen molar-refractivity contribution in [2.75, 3.05) is 13.1 Å². The summed E-state index contributed by atoms with van der Waals surface area (Å²) in [5.41, 5.74) is 0.559.